The monoisotopic (exact) mass is 687 g/mol. The first-order valence-electron chi connectivity index (χ1n) is 18.1. The lowest BCUT2D eigenvalue weighted by molar-refractivity contribution is -0.0768. The second-order valence-corrected chi connectivity index (χ2v) is 16.0. The Morgan fingerprint density at radius 1 is 0.720 bits per heavy atom. The number of aromatic nitrogens is 4. The van der Waals surface area contributed by atoms with E-state index in [2.05, 4.69) is 50.7 Å². The number of benzene rings is 2. The maximum Gasteiger partial charge on any atom is 0.335 e. The molecule has 0 aliphatic carbocycles. The fraction of sp³-hybridized carbons (Fsp3) is 0.590. The number of carboxylic acids is 1. The summed E-state index contributed by atoms with van der Waals surface area (Å²) in [6, 6.07) is 11.1. The van der Waals surface area contributed by atoms with Gasteiger partial charge in [0.05, 0.1) is 40.8 Å². The van der Waals surface area contributed by atoms with Crippen LogP contribution in [0.1, 0.15) is 106 Å². The molecule has 4 aromatic rings. The highest BCUT2D eigenvalue weighted by molar-refractivity contribution is 5.97. The Morgan fingerprint density at radius 2 is 1.18 bits per heavy atom. The van der Waals surface area contributed by atoms with E-state index in [1.165, 1.54) is 5.06 Å². The average molecular weight is 688 g/mol. The standard InChI is InChI=1S/C21H29N3O3.C18H24N2O3/c1-21(2,3)20-22-17-13-16(19(25)24-9-4-10-27-24)5-6-18(17)23(20)14-15-7-11-26-12-8-15;1-18(2,3)17-19-14-10-13(16(21)22)4-5-15(14)20(17)11-12-6-8-23-9-7-12/h5-6,13,15H,4,7-12,14H2,1-3H3;4-5,10,12H,6-9,11H2,1-3H3,(H,21,22). The molecule has 0 radical (unpaired) electrons. The van der Waals surface area contributed by atoms with Gasteiger partial charge in [-0.15, -0.1) is 0 Å². The largest absolute Gasteiger partial charge is 0.478 e. The second-order valence-electron chi connectivity index (χ2n) is 16.0. The summed E-state index contributed by atoms with van der Waals surface area (Å²) in [4.78, 5) is 39.0. The molecule has 270 valence electrons. The highest BCUT2D eigenvalue weighted by Gasteiger charge is 2.28. The Kier molecular flexibility index (Phi) is 10.7. The quantitative estimate of drug-likeness (QED) is 0.230. The van der Waals surface area contributed by atoms with Crippen LogP contribution in [0.5, 0.6) is 0 Å². The first-order valence-corrected chi connectivity index (χ1v) is 18.1. The molecule has 0 saturated carbocycles. The van der Waals surface area contributed by atoms with E-state index in [0.717, 1.165) is 105 Å². The van der Waals surface area contributed by atoms with Crippen molar-refractivity contribution in [1.82, 2.24) is 24.2 Å². The van der Waals surface area contributed by atoms with Gasteiger partial charge in [-0.1, -0.05) is 41.5 Å². The number of hydrogen-bond acceptors (Lipinski definition) is 7. The predicted octanol–water partition coefficient (Wildman–Crippen LogP) is 7.00. The molecule has 0 atom stereocenters. The van der Waals surface area contributed by atoms with Crippen molar-refractivity contribution >= 4 is 33.9 Å². The van der Waals surface area contributed by atoms with Crippen LogP contribution < -0.4 is 0 Å². The van der Waals surface area contributed by atoms with Crippen LogP contribution in [-0.2, 0) is 38.2 Å². The van der Waals surface area contributed by atoms with E-state index in [9.17, 15) is 14.7 Å². The summed E-state index contributed by atoms with van der Waals surface area (Å²) in [7, 11) is 0. The van der Waals surface area contributed by atoms with Crippen LogP contribution in [0.4, 0.5) is 0 Å². The van der Waals surface area contributed by atoms with E-state index in [-0.39, 0.29) is 22.3 Å². The summed E-state index contributed by atoms with van der Waals surface area (Å²) in [6.07, 6.45) is 5.20. The van der Waals surface area contributed by atoms with E-state index in [0.29, 0.717) is 30.6 Å². The fourth-order valence-electron chi connectivity index (χ4n) is 7.17. The molecule has 1 N–H and O–H groups in total. The summed E-state index contributed by atoms with van der Waals surface area (Å²) in [5.41, 5.74) is 4.55. The Bertz CT molecular complexity index is 1810. The third kappa shape index (κ3) is 8.05. The highest BCUT2D eigenvalue weighted by Crippen LogP contribution is 2.31. The number of hydrogen-bond donors (Lipinski definition) is 1. The van der Waals surface area contributed by atoms with Crippen LogP contribution in [0.15, 0.2) is 36.4 Å². The maximum absolute atomic E-state index is 12.6. The SMILES string of the molecule is CC(C)(C)c1nc2cc(C(=O)N3CCCO3)ccc2n1CC1CCOCC1.CC(C)(C)c1nc2cc(C(=O)O)ccc2n1CC1CCOCC1. The first-order chi connectivity index (χ1) is 23.8. The molecule has 3 aliphatic rings. The van der Waals surface area contributed by atoms with Crippen molar-refractivity contribution in [3.8, 4) is 0 Å². The van der Waals surface area contributed by atoms with Crippen LogP contribution >= 0.6 is 0 Å². The summed E-state index contributed by atoms with van der Waals surface area (Å²) in [6.45, 7) is 19.5. The molecule has 0 bridgehead atoms. The highest BCUT2D eigenvalue weighted by atomic mass is 16.7. The van der Waals surface area contributed by atoms with Gasteiger partial charge in [0.25, 0.3) is 5.91 Å². The number of carbonyl (C=O) groups is 2. The predicted molar refractivity (Wildman–Crippen MR) is 193 cm³/mol. The van der Waals surface area contributed by atoms with Crippen molar-refractivity contribution in [1.29, 1.82) is 0 Å². The molecule has 3 fully saturated rings. The summed E-state index contributed by atoms with van der Waals surface area (Å²) < 4.78 is 15.6. The molecule has 0 spiro atoms. The lowest BCUT2D eigenvalue weighted by Gasteiger charge is -2.26. The van der Waals surface area contributed by atoms with Gasteiger partial charge < -0.3 is 23.7 Å². The number of carbonyl (C=O) groups excluding carboxylic acids is 1. The minimum absolute atomic E-state index is 0.0631. The van der Waals surface area contributed by atoms with Crippen LogP contribution in [0.3, 0.4) is 0 Å². The number of ether oxygens (including phenoxy) is 2. The molecule has 0 unspecified atom stereocenters. The van der Waals surface area contributed by atoms with Crippen molar-refractivity contribution in [2.24, 2.45) is 11.8 Å². The Hall–Kier alpha value is -3.80. The molecule has 3 aliphatic heterocycles. The molecule has 50 heavy (non-hydrogen) atoms. The molecule has 1 amide bonds. The smallest absolute Gasteiger partial charge is 0.335 e. The van der Waals surface area contributed by atoms with Crippen molar-refractivity contribution in [2.75, 3.05) is 39.6 Å². The van der Waals surface area contributed by atoms with Crippen molar-refractivity contribution in [3.63, 3.8) is 0 Å². The van der Waals surface area contributed by atoms with E-state index in [1.54, 1.807) is 12.1 Å². The fourth-order valence-corrected chi connectivity index (χ4v) is 7.17. The molecule has 7 rings (SSSR count). The zero-order valence-electron chi connectivity index (χ0n) is 30.5. The van der Waals surface area contributed by atoms with E-state index in [1.807, 2.05) is 24.3 Å². The van der Waals surface area contributed by atoms with Gasteiger partial charge in [0.15, 0.2) is 0 Å². The maximum atomic E-state index is 12.6. The van der Waals surface area contributed by atoms with Crippen LogP contribution in [-0.4, -0.2) is 80.7 Å². The number of imidazole rings is 2. The number of hydroxylamine groups is 2. The van der Waals surface area contributed by atoms with Crippen LogP contribution in [0.25, 0.3) is 22.1 Å². The molecule has 11 nitrogen and oxygen atoms in total. The summed E-state index contributed by atoms with van der Waals surface area (Å²) >= 11 is 0. The number of rotatable bonds is 6. The lowest BCUT2D eigenvalue weighted by Crippen LogP contribution is -2.26. The number of amides is 1. The third-order valence-electron chi connectivity index (χ3n) is 9.87. The van der Waals surface area contributed by atoms with Gasteiger partial charge >= 0.3 is 5.97 Å². The molecule has 11 heteroatoms. The van der Waals surface area contributed by atoms with Gasteiger partial charge in [-0.05, 0) is 80.3 Å². The second kappa shape index (κ2) is 14.8. The molecule has 2 aromatic carbocycles. The van der Waals surface area contributed by atoms with Crippen molar-refractivity contribution in [2.45, 2.75) is 97.6 Å². The average Bonchev–Trinajstić information content (AvgIpc) is 3.84. The van der Waals surface area contributed by atoms with Gasteiger partial charge in [0.1, 0.15) is 11.6 Å². The molecular formula is C39H53N5O6. The molecule has 5 heterocycles. The van der Waals surface area contributed by atoms with Crippen LogP contribution in [0.2, 0.25) is 0 Å². The van der Waals surface area contributed by atoms with E-state index in [4.69, 9.17) is 24.3 Å². The van der Waals surface area contributed by atoms with E-state index >= 15 is 0 Å². The van der Waals surface area contributed by atoms with Gasteiger partial charge in [-0.2, -0.15) is 0 Å². The van der Waals surface area contributed by atoms with Gasteiger partial charge in [-0.25, -0.2) is 19.8 Å². The van der Waals surface area contributed by atoms with Gasteiger partial charge in [0.2, 0.25) is 0 Å². The summed E-state index contributed by atoms with van der Waals surface area (Å²) in [5, 5.41) is 10.7. The number of carboxylic acid groups (broad SMARTS) is 1. The van der Waals surface area contributed by atoms with Crippen LogP contribution in [0, 0.1) is 11.8 Å². The van der Waals surface area contributed by atoms with Crippen molar-refractivity contribution in [3.05, 3.63) is 59.2 Å². The lowest BCUT2D eigenvalue weighted by atomic mass is 9.94. The number of nitrogens with zero attached hydrogens (tertiary/aromatic N) is 5. The zero-order chi connectivity index (χ0) is 35.6. The molecular weight excluding hydrogens is 634 g/mol. The zero-order valence-corrected chi connectivity index (χ0v) is 30.5. The minimum Gasteiger partial charge on any atom is -0.478 e. The topological polar surface area (TPSA) is 121 Å². The molecule has 2 aromatic heterocycles. The third-order valence-corrected chi connectivity index (χ3v) is 9.87. The number of aromatic carboxylic acids is 1. The van der Waals surface area contributed by atoms with Gasteiger partial charge in [-0.3, -0.25) is 9.63 Å². The summed E-state index contributed by atoms with van der Waals surface area (Å²) in [5.74, 6) is 2.29. The number of fused-ring (bicyclic) bond motifs is 2. The van der Waals surface area contributed by atoms with E-state index < -0.39 is 5.97 Å². The Morgan fingerprint density at radius 3 is 1.60 bits per heavy atom. The van der Waals surface area contributed by atoms with Gasteiger partial charge in [0, 0.05) is 55.9 Å². The Labute approximate surface area is 294 Å². The first kappa shape index (κ1) is 36.0. The van der Waals surface area contributed by atoms with Crippen molar-refractivity contribution < 1.29 is 29.0 Å². The normalized spacial score (nSPS) is 18.1. The Balaban J connectivity index is 0.000000175. The molecule has 3 saturated heterocycles. The minimum atomic E-state index is -0.914.